The molecule has 2 rings (SSSR count). The van der Waals surface area contributed by atoms with Gasteiger partial charge in [-0.15, -0.1) is 0 Å². The van der Waals surface area contributed by atoms with Crippen LogP contribution in [-0.2, 0) is 40.5 Å². The molecule has 0 saturated heterocycles. The zero-order chi connectivity index (χ0) is 25.4. The van der Waals surface area contributed by atoms with Crippen LogP contribution in [0.3, 0.4) is 0 Å². The molecule has 2 aliphatic rings. The summed E-state index contributed by atoms with van der Waals surface area (Å²) in [5.74, 6) is 0. The second-order valence-corrected chi connectivity index (χ2v) is 13.8. The number of aliphatic hydroxyl groups excluding tert-OH is 3. The summed E-state index contributed by atoms with van der Waals surface area (Å²) in [4.78, 5) is 0. The molecule has 0 aromatic rings. The topological polar surface area (TPSA) is 313 Å². The molecular weight excluding hydrogens is 765 g/mol. The largest absolute Gasteiger partial charge is 1.00 e. The van der Waals surface area contributed by atoms with Gasteiger partial charge < -0.3 is 38.6 Å². The molecule has 8 atom stereocenters. The molecule has 0 spiro atoms. The molecule has 0 aromatic carbocycles. The van der Waals surface area contributed by atoms with Gasteiger partial charge in [-0.2, -0.15) is 0 Å². The first-order valence-corrected chi connectivity index (χ1v) is 14.4. The van der Waals surface area contributed by atoms with E-state index in [-0.39, 0.29) is 172 Å². The van der Waals surface area contributed by atoms with Gasteiger partial charge in [0.25, 0.3) is 0 Å². The van der Waals surface area contributed by atoms with E-state index >= 15 is 0 Å². The normalized spacial score (nSPS) is 31.4. The van der Waals surface area contributed by atoms with Crippen LogP contribution in [0.4, 0.5) is 0 Å². The SMILES string of the molecule is O=S(=O)([O-])C1CC(O)C(O)C(S(=O)(=O)[O-])C1.O=S(=O)([O-])C1CC(O)C([O-])C(S(=O)(=O)[O-])C1.[Na+].[Na+].[Na+].[Na+].[Na+].[Sb]. The van der Waals surface area contributed by atoms with Gasteiger partial charge in [0, 0.05) is 35.8 Å². The fourth-order valence-corrected chi connectivity index (χ4v) is 7.30. The quantitative estimate of drug-likeness (QED) is 0.176. The summed E-state index contributed by atoms with van der Waals surface area (Å²) in [5.41, 5.74) is 0. The number of aliphatic hydroxyl groups is 3. The first kappa shape index (κ1) is 55.7. The standard InChI is InChI=1S/C6H12O8S2.C6H11O8S2.5Na.Sb/c2*7-4-1-3(15(9,10)11)2-5(6(4)8)16(12,13)14;;;;;;/h3-8H,1-2H2,(H,9,10,11)(H,12,13,14);3-7H,1-2H2,(H,9,10,11)(H,12,13,14);;;;;;/q;-1;5*+1;/p-4. The van der Waals surface area contributed by atoms with E-state index in [1.54, 1.807) is 0 Å². The van der Waals surface area contributed by atoms with Gasteiger partial charge in [-0.05, 0) is 25.7 Å². The van der Waals surface area contributed by atoms with Gasteiger partial charge >= 0.3 is 148 Å². The van der Waals surface area contributed by atoms with Crippen LogP contribution in [0.1, 0.15) is 25.7 Å². The molecule has 0 bridgehead atoms. The number of rotatable bonds is 4. The molecule has 3 N–H and O–H groups in total. The van der Waals surface area contributed by atoms with Crippen molar-refractivity contribution < 1.29 is 220 Å². The van der Waals surface area contributed by atoms with Crippen molar-refractivity contribution >= 4 is 64.9 Å². The third kappa shape index (κ3) is 17.8. The molecule has 197 valence electrons. The molecule has 2 aliphatic carbocycles. The predicted octanol–water partition coefficient (Wildman–Crippen LogP) is -21.3. The van der Waals surface area contributed by atoms with E-state index < -0.39 is 112 Å². The van der Waals surface area contributed by atoms with Gasteiger partial charge in [-0.1, -0.05) is 6.10 Å². The van der Waals surface area contributed by atoms with Crippen molar-refractivity contribution in [2.45, 2.75) is 71.1 Å². The van der Waals surface area contributed by atoms with Gasteiger partial charge in [0.2, 0.25) is 0 Å². The first-order chi connectivity index (χ1) is 14.1. The Balaban J connectivity index is -0.000000116. The van der Waals surface area contributed by atoms with E-state index in [4.69, 9.17) is 5.11 Å². The van der Waals surface area contributed by atoms with Crippen molar-refractivity contribution in [3.63, 3.8) is 0 Å². The summed E-state index contributed by atoms with van der Waals surface area (Å²) in [6, 6.07) is 0. The summed E-state index contributed by atoms with van der Waals surface area (Å²) in [7, 11) is -19.6. The Morgan fingerprint density at radius 1 is 0.500 bits per heavy atom. The van der Waals surface area contributed by atoms with Crippen molar-refractivity contribution in [1.82, 2.24) is 0 Å². The fourth-order valence-electron chi connectivity index (χ4n) is 3.33. The van der Waals surface area contributed by atoms with E-state index in [1.165, 1.54) is 0 Å². The third-order valence-electron chi connectivity index (χ3n) is 5.08. The Kier molecular flexibility index (Phi) is 32.2. The summed E-state index contributed by atoms with van der Waals surface area (Å²) < 4.78 is 128. The first-order valence-electron chi connectivity index (χ1n) is 8.55. The summed E-state index contributed by atoms with van der Waals surface area (Å²) >= 11 is 0. The third-order valence-corrected chi connectivity index (χ3v) is 9.90. The minimum atomic E-state index is -5.03. The molecule has 8 unspecified atom stereocenters. The van der Waals surface area contributed by atoms with Crippen molar-refractivity contribution in [1.29, 1.82) is 0 Å². The molecule has 3 radical (unpaired) electrons. The molecule has 26 heteroatoms. The zero-order valence-corrected chi connectivity index (χ0v) is 37.0. The van der Waals surface area contributed by atoms with Gasteiger partial charge in [-0.3, -0.25) is 0 Å². The monoisotopic (exact) mass is 783 g/mol. The van der Waals surface area contributed by atoms with Gasteiger partial charge in [0.05, 0.1) is 58.3 Å². The van der Waals surface area contributed by atoms with Gasteiger partial charge in [-0.25, -0.2) is 33.7 Å². The Labute approximate surface area is 349 Å². The second-order valence-electron chi connectivity index (χ2n) is 7.32. The van der Waals surface area contributed by atoms with Crippen LogP contribution in [0.15, 0.2) is 0 Å². The smallest absolute Gasteiger partial charge is 0.849 e. The van der Waals surface area contributed by atoms with E-state index in [1.807, 2.05) is 0 Å². The Bertz CT molecular complexity index is 1020. The maximum absolute atomic E-state index is 11.2. The molecule has 38 heavy (non-hydrogen) atoms. The number of hydrogen-bond acceptors (Lipinski definition) is 16. The van der Waals surface area contributed by atoms with E-state index in [2.05, 4.69) is 0 Å². The molecule has 0 heterocycles. The molecule has 0 amide bonds. The molecule has 2 saturated carbocycles. The molecule has 0 aromatic heterocycles. The molecule has 0 aliphatic heterocycles. The van der Waals surface area contributed by atoms with Gasteiger partial charge in [0.15, 0.2) is 0 Å². The van der Waals surface area contributed by atoms with E-state index in [0.717, 1.165) is 0 Å². The van der Waals surface area contributed by atoms with E-state index in [0.29, 0.717) is 0 Å². The van der Waals surface area contributed by atoms with Gasteiger partial charge in [0.1, 0.15) is 10.1 Å². The number of hydrogen-bond donors (Lipinski definition) is 3. The average molecular weight is 784 g/mol. The Morgan fingerprint density at radius 2 is 0.789 bits per heavy atom. The maximum Gasteiger partial charge on any atom is 1.00 e. The van der Waals surface area contributed by atoms with Crippen molar-refractivity contribution in [3.05, 3.63) is 0 Å². The summed E-state index contributed by atoms with van der Waals surface area (Å²) in [6.07, 6.45) is -10.3. The van der Waals surface area contributed by atoms with Crippen LogP contribution < -0.4 is 153 Å². The van der Waals surface area contributed by atoms with Crippen molar-refractivity contribution in [3.8, 4) is 0 Å². The van der Waals surface area contributed by atoms with E-state index in [9.17, 15) is 67.2 Å². The minimum Gasteiger partial charge on any atom is -0.849 e. The average Bonchev–Trinajstić information content (AvgIpc) is 2.56. The zero-order valence-electron chi connectivity index (χ0n) is 21.2. The van der Waals surface area contributed by atoms with Crippen molar-refractivity contribution in [2.75, 3.05) is 0 Å². The van der Waals surface area contributed by atoms with Crippen LogP contribution in [0.25, 0.3) is 0 Å². The summed E-state index contributed by atoms with van der Waals surface area (Å²) in [6.45, 7) is 0. The van der Waals surface area contributed by atoms with Crippen molar-refractivity contribution in [2.24, 2.45) is 0 Å². The molecule has 2 fully saturated rings. The summed E-state index contributed by atoms with van der Waals surface area (Å²) in [5, 5.41) is 31.3. The molecule has 16 nitrogen and oxygen atoms in total. The molecular formula is C12H19Na5O16S4Sb. The Morgan fingerprint density at radius 3 is 1.08 bits per heavy atom. The van der Waals surface area contributed by atoms with Crippen LogP contribution in [0.5, 0.6) is 0 Å². The van der Waals surface area contributed by atoms with Crippen LogP contribution in [0, 0.1) is 0 Å². The Hall–Kier alpha value is 5.30. The van der Waals surface area contributed by atoms with Crippen LogP contribution >= 0.6 is 0 Å². The maximum atomic E-state index is 11.2. The van der Waals surface area contributed by atoms with Crippen LogP contribution in [-0.4, -0.2) is 137 Å². The predicted molar refractivity (Wildman–Crippen MR) is 100.0 cm³/mol. The fraction of sp³-hybridized carbons (Fsp3) is 1.00. The minimum absolute atomic E-state index is 0. The van der Waals surface area contributed by atoms with Crippen LogP contribution in [0.2, 0.25) is 0 Å². The second kappa shape index (κ2) is 22.0.